The van der Waals surface area contributed by atoms with Gasteiger partial charge in [-0.15, -0.1) is 24.8 Å². The molecule has 0 saturated carbocycles. The minimum absolute atomic E-state index is 0. The SMILES string of the molecule is Cc1cccc(NC(=O)CN2CCN(C(=O)CC(C)N)CC2)c1C.Cl.Cl. The Morgan fingerprint density at radius 3 is 2.35 bits per heavy atom. The fourth-order valence-electron chi connectivity index (χ4n) is 2.84. The van der Waals surface area contributed by atoms with Crippen LogP contribution in [0.4, 0.5) is 5.69 Å². The molecule has 3 N–H and O–H groups in total. The van der Waals surface area contributed by atoms with Gasteiger partial charge in [0.25, 0.3) is 0 Å². The van der Waals surface area contributed by atoms with Crippen molar-refractivity contribution in [2.45, 2.75) is 33.2 Å². The van der Waals surface area contributed by atoms with E-state index in [1.54, 1.807) is 0 Å². The smallest absolute Gasteiger partial charge is 0.238 e. The quantitative estimate of drug-likeness (QED) is 0.785. The van der Waals surface area contributed by atoms with Crippen LogP contribution in [0.15, 0.2) is 18.2 Å². The molecular weight excluding hydrogens is 375 g/mol. The van der Waals surface area contributed by atoms with Crippen LogP contribution in [0.3, 0.4) is 0 Å². The summed E-state index contributed by atoms with van der Waals surface area (Å²) in [4.78, 5) is 28.2. The maximum Gasteiger partial charge on any atom is 0.238 e. The lowest BCUT2D eigenvalue weighted by molar-refractivity contribution is -0.133. The van der Waals surface area contributed by atoms with Crippen LogP contribution in [0.2, 0.25) is 0 Å². The van der Waals surface area contributed by atoms with Crippen LogP contribution in [0.1, 0.15) is 24.5 Å². The molecule has 6 nitrogen and oxygen atoms in total. The minimum Gasteiger partial charge on any atom is -0.340 e. The number of halogens is 2. The van der Waals surface area contributed by atoms with Gasteiger partial charge in [0.2, 0.25) is 11.8 Å². The number of hydrogen-bond acceptors (Lipinski definition) is 4. The first kappa shape index (κ1) is 24.7. The number of hydrogen-bond donors (Lipinski definition) is 2. The average molecular weight is 405 g/mol. The van der Waals surface area contributed by atoms with E-state index in [2.05, 4.69) is 10.2 Å². The summed E-state index contributed by atoms with van der Waals surface area (Å²) in [5.41, 5.74) is 8.80. The predicted molar refractivity (Wildman–Crippen MR) is 110 cm³/mol. The Morgan fingerprint density at radius 1 is 1.15 bits per heavy atom. The highest BCUT2D eigenvalue weighted by Gasteiger charge is 2.22. The van der Waals surface area contributed by atoms with E-state index in [9.17, 15) is 9.59 Å². The largest absolute Gasteiger partial charge is 0.340 e. The number of benzene rings is 1. The van der Waals surface area contributed by atoms with Gasteiger partial charge in [-0.1, -0.05) is 12.1 Å². The Balaban J connectivity index is 0.00000312. The molecule has 1 saturated heterocycles. The highest BCUT2D eigenvalue weighted by atomic mass is 35.5. The van der Waals surface area contributed by atoms with Gasteiger partial charge in [-0.3, -0.25) is 14.5 Å². The van der Waals surface area contributed by atoms with Crippen molar-refractivity contribution in [1.82, 2.24) is 9.80 Å². The van der Waals surface area contributed by atoms with Gasteiger partial charge in [-0.2, -0.15) is 0 Å². The maximum atomic E-state index is 12.3. The molecule has 0 aromatic heterocycles. The standard InChI is InChI=1S/C18H28N4O2.2ClH/c1-13-5-4-6-16(15(13)3)20-17(23)12-21-7-9-22(10-8-21)18(24)11-14(2)19;;/h4-6,14H,7-12,19H2,1-3H3,(H,20,23);2*1H. The number of rotatable bonds is 5. The Morgan fingerprint density at radius 2 is 1.77 bits per heavy atom. The molecule has 1 aliphatic rings. The second-order valence-electron chi connectivity index (χ2n) is 6.63. The zero-order chi connectivity index (χ0) is 17.7. The molecule has 26 heavy (non-hydrogen) atoms. The van der Waals surface area contributed by atoms with E-state index >= 15 is 0 Å². The van der Waals surface area contributed by atoms with Crippen LogP contribution in [-0.4, -0.2) is 60.4 Å². The molecule has 1 aromatic rings. The topological polar surface area (TPSA) is 78.7 Å². The number of aryl methyl sites for hydroxylation is 1. The summed E-state index contributed by atoms with van der Waals surface area (Å²) in [6.07, 6.45) is 0.382. The van der Waals surface area contributed by atoms with Gasteiger partial charge in [-0.05, 0) is 38.0 Å². The van der Waals surface area contributed by atoms with Crippen molar-refractivity contribution in [1.29, 1.82) is 0 Å². The van der Waals surface area contributed by atoms with Crippen molar-refractivity contribution >= 4 is 42.3 Å². The van der Waals surface area contributed by atoms with Crippen molar-refractivity contribution in [2.75, 3.05) is 38.0 Å². The molecule has 2 rings (SSSR count). The van der Waals surface area contributed by atoms with Gasteiger partial charge < -0.3 is 16.0 Å². The Kier molecular flexibility index (Phi) is 10.8. The second kappa shape index (κ2) is 11.4. The number of nitrogens with two attached hydrogens (primary N) is 1. The number of nitrogens with one attached hydrogen (secondary N) is 1. The first-order valence-corrected chi connectivity index (χ1v) is 8.48. The van der Waals surface area contributed by atoms with Crippen LogP contribution in [0.25, 0.3) is 0 Å². The number of carbonyl (C=O) groups excluding carboxylic acids is 2. The van der Waals surface area contributed by atoms with Crippen LogP contribution in [-0.2, 0) is 9.59 Å². The molecule has 1 unspecified atom stereocenters. The van der Waals surface area contributed by atoms with Crippen LogP contribution in [0, 0.1) is 13.8 Å². The highest BCUT2D eigenvalue weighted by Crippen LogP contribution is 2.18. The number of amides is 2. The molecule has 0 radical (unpaired) electrons. The lowest BCUT2D eigenvalue weighted by atomic mass is 10.1. The summed E-state index contributed by atoms with van der Waals surface area (Å²) >= 11 is 0. The molecule has 1 fully saturated rings. The molecule has 148 valence electrons. The fourth-order valence-corrected chi connectivity index (χ4v) is 2.84. The third-order valence-corrected chi connectivity index (χ3v) is 4.47. The molecule has 2 amide bonds. The van der Waals surface area contributed by atoms with Gasteiger partial charge in [0.05, 0.1) is 6.54 Å². The third kappa shape index (κ3) is 7.11. The number of nitrogens with zero attached hydrogens (tertiary/aromatic N) is 2. The molecule has 1 aromatic carbocycles. The van der Waals surface area contributed by atoms with E-state index < -0.39 is 0 Å². The van der Waals surface area contributed by atoms with Gasteiger partial charge in [0.1, 0.15) is 0 Å². The van der Waals surface area contributed by atoms with Crippen molar-refractivity contribution in [2.24, 2.45) is 5.73 Å². The van der Waals surface area contributed by atoms with E-state index in [0.717, 1.165) is 16.8 Å². The molecule has 0 aliphatic carbocycles. The van der Waals surface area contributed by atoms with Crippen molar-refractivity contribution in [3.05, 3.63) is 29.3 Å². The van der Waals surface area contributed by atoms with Crippen LogP contribution >= 0.6 is 24.8 Å². The summed E-state index contributed by atoms with van der Waals surface area (Å²) in [6.45, 7) is 8.96. The number of carbonyl (C=O) groups is 2. The van der Waals surface area contributed by atoms with Gasteiger partial charge in [-0.25, -0.2) is 0 Å². The van der Waals surface area contributed by atoms with E-state index in [1.165, 1.54) is 0 Å². The Labute approximate surface area is 168 Å². The van der Waals surface area contributed by atoms with Crippen LogP contribution in [0.5, 0.6) is 0 Å². The third-order valence-electron chi connectivity index (χ3n) is 4.47. The average Bonchev–Trinajstić information content (AvgIpc) is 2.52. The highest BCUT2D eigenvalue weighted by molar-refractivity contribution is 5.93. The van der Waals surface area contributed by atoms with Crippen LogP contribution < -0.4 is 11.1 Å². The molecule has 1 atom stereocenters. The molecule has 0 bridgehead atoms. The first-order valence-electron chi connectivity index (χ1n) is 8.48. The Hall–Kier alpha value is -1.34. The molecule has 1 heterocycles. The van der Waals surface area contributed by atoms with Crippen molar-refractivity contribution < 1.29 is 9.59 Å². The van der Waals surface area contributed by atoms with E-state index in [1.807, 2.05) is 43.9 Å². The number of piperazine rings is 1. The van der Waals surface area contributed by atoms with E-state index in [0.29, 0.717) is 39.1 Å². The summed E-state index contributed by atoms with van der Waals surface area (Å²) < 4.78 is 0. The number of anilines is 1. The van der Waals surface area contributed by atoms with E-state index in [4.69, 9.17) is 5.73 Å². The Bertz CT molecular complexity index is 603. The minimum atomic E-state index is -0.112. The summed E-state index contributed by atoms with van der Waals surface area (Å²) in [5, 5.41) is 2.98. The zero-order valence-corrected chi connectivity index (χ0v) is 17.3. The summed E-state index contributed by atoms with van der Waals surface area (Å²) in [5.74, 6) is 0.0866. The first-order chi connectivity index (χ1) is 11.4. The predicted octanol–water partition coefficient (Wildman–Crippen LogP) is 1.97. The van der Waals surface area contributed by atoms with Crippen molar-refractivity contribution in [3.8, 4) is 0 Å². The van der Waals surface area contributed by atoms with Gasteiger partial charge in [0, 0.05) is 44.3 Å². The molecular formula is C18H30Cl2N4O2. The van der Waals surface area contributed by atoms with E-state index in [-0.39, 0.29) is 42.7 Å². The van der Waals surface area contributed by atoms with Gasteiger partial charge >= 0.3 is 0 Å². The maximum absolute atomic E-state index is 12.3. The second-order valence-corrected chi connectivity index (χ2v) is 6.63. The lowest BCUT2D eigenvalue weighted by Gasteiger charge is -2.34. The lowest BCUT2D eigenvalue weighted by Crippen LogP contribution is -2.51. The van der Waals surface area contributed by atoms with Crippen molar-refractivity contribution in [3.63, 3.8) is 0 Å². The normalized spacial score (nSPS) is 15.5. The summed E-state index contributed by atoms with van der Waals surface area (Å²) in [6, 6.07) is 5.79. The molecule has 1 aliphatic heterocycles. The zero-order valence-electron chi connectivity index (χ0n) is 15.7. The molecule has 8 heteroatoms. The summed E-state index contributed by atoms with van der Waals surface area (Å²) in [7, 11) is 0. The monoisotopic (exact) mass is 404 g/mol. The van der Waals surface area contributed by atoms with Gasteiger partial charge in [0.15, 0.2) is 0 Å². The fraction of sp³-hybridized carbons (Fsp3) is 0.556. The molecule has 0 spiro atoms.